The van der Waals surface area contributed by atoms with Crippen LogP contribution in [-0.2, 0) is 19.4 Å². The van der Waals surface area contributed by atoms with Gasteiger partial charge in [0.25, 0.3) is 5.91 Å². The summed E-state index contributed by atoms with van der Waals surface area (Å²) in [6.07, 6.45) is 3.14. The van der Waals surface area contributed by atoms with Crippen molar-refractivity contribution in [1.82, 2.24) is 14.8 Å². The number of carbonyl (C=O) groups is 1. The molecule has 0 radical (unpaired) electrons. The summed E-state index contributed by atoms with van der Waals surface area (Å²) in [4.78, 5) is 21.6. The van der Waals surface area contributed by atoms with Gasteiger partial charge in [-0.05, 0) is 54.2 Å². The first-order valence-corrected chi connectivity index (χ1v) is 11.4. The number of rotatable bonds is 5. The maximum atomic E-state index is 13.1. The summed E-state index contributed by atoms with van der Waals surface area (Å²) < 4.78 is 0. The normalized spacial score (nSPS) is 17.1. The Morgan fingerprint density at radius 2 is 1.72 bits per heavy atom. The molecule has 3 heterocycles. The molecule has 1 amide bonds. The number of hydrogen-bond acceptors (Lipinski definition) is 4. The number of hydrogen-bond donors (Lipinski definition) is 1. The number of benzene rings is 2. The lowest BCUT2D eigenvalue weighted by Gasteiger charge is -2.34. The highest BCUT2D eigenvalue weighted by Gasteiger charge is 2.27. The van der Waals surface area contributed by atoms with E-state index in [1.54, 1.807) is 4.90 Å². The fourth-order valence-electron chi connectivity index (χ4n) is 4.85. The maximum Gasteiger partial charge on any atom is 0.254 e. The van der Waals surface area contributed by atoms with Gasteiger partial charge < -0.3 is 10.0 Å². The average Bonchev–Trinajstić information content (AvgIpc) is 2.81. The molecule has 0 aliphatic carbocycles. The quantitative estimate of drug-likeness (QED) is 0.677. The fraction of sp³-hybridized carbons (Fsp3) is 0.333. The first kappa shape index (κ1) is 20.9. The molecule has 2 aliphatic heterocycles. The fourth-order valence-corrected chi connectivity index (χ4v) is 4.85. The molecule has 32 heavy (non-hydrogen) atoms. The first-order chi connectivity index (χ1) is 15.6. The Bertz CT molecular complexity index is 1130. The van der Waals surface area contributed by atoms with Crippen LogP contribution in [0.25, 0.3) is 11.1 Å². The molecule has 0 saturated heterocycles. The van der Waals surface area contributed by atoms with E-state index in [9.17, 15) is 9.90 Å². The van der Waals surface area contributed by atoms with Gasteiger partial charge in [0, 0.05) is 55.7 Å². The van der Waals surface area contributed by atoms with Gasteiger partial charge in [0.2, 0.25) is 0 Å². The molecule has 1 unspecified atom stereocenters. The van der Waals surface area contributed by atoms with E-state index < -0.39 is 6.10 Å². The van der Waals surface area contributed by atoms with E-state index in [-0.39, 0.29) is 5.91 Å². The molecule has 1 N–H and O–H groups in total. The van der Waals surface area contributed by atoms with Gasteiger partial charge >= 0.3 is 0 Å². The van der Waals surface area contributed by atoms with E-state index >= 15 is 0 Å². The second kappa shape index (κ2) is 8.85. The van der Waals surface area contributed by atoms with Crippen LogP contribution in [0.5, 0.6) is 0 Å². The van der Waals surface area contributed by atoms with Gasteiger partial charge in [-0.15, -0.1) is 0 Å². The largest absolute Gasteiger partial charge is 0.390 e. The van der Waals surface area contributed by atoms with Crippen molar-refractivity contribution in [3.63, 3.8) is 0 Å². The van der Waals surface area contributed by atoms with Crippen molar-refractivity contribution < 1.29 is 9.90 Å². The molecular formula is C27H29N3O2. The molecule has 2 aromatic carbocycles. The Hall–Kier alpha value is -3.02. The van der Waals surface area contributed by atoms with Crippen molar-refractivity contribution in [3.05, 3.63) is 88.7 Å². The number of aliphatic hydroxyl groups is 1. The topological polar surface area (TPSA) is 56.7 Å². The lowest BCUT2D eigenvalue weighted by molar-refractivity contribution is 0.0493. The second-order valence-electron chi connectivity index (χ2n) is 8.97. The summed E-state index contributed by atoms with van der Waals surface area (Å²) in [6, 6.07) is 18.6. The first-order valence-electron chi connectivity index (χ1n) is 11.4. The molecule has 5 heteroatoms. The Balaban J connectivity index is 1.22. The monoisotopic (exact) mass is 427 g/mol. The Labute approximate surface area is 189 Å². The van der Waals surface area contributed by atoms with Gasteiger partial charge in [-0.25, -0.2) is 0 Å². The van der Waals surface area contributed by atoms with Crippen LogP contribution in [0.1, 0.15) is 32.7 Å². The van der Waals surface area contributed by atoms with Crippen LogP contribution in [0.3, 0.4) is 0 Å². The molecular weight excluding hydrogens is 398 g/mol. The van der Waals surface area contributed by atoms with Gasteiger partial charge in [-0.1, -0.05) is 42.5 Å². The molecule has 164 valence electrons. The highest BCUT2D eigenvalue weighted by molar-refractivity contribution is 5.97. The molecule has 0 bridgehead atoms. The van der Waals surface area contributed by atoms with Gasteiger partial charge in [0.05, 0.1) is 6.10 Å². The highest BCUT2D eigenvalue weighted by Crippen LogP contribution is 2.26. The van der Waals surface area contributed by atoms with Crippen molar-refractivity contribution in [1.29, 1.82) is 0 Å². The number of pyridine rings is 1. The summed E-state index contributed by atoms with van der Waals surface area (Å²) in [5.41, 5.74) is 7.71. The van der Waals surface area contributed by atoms with Gasteiger partial charge in [-0.2, -0.15) is 0 Å². The number of carbonyl (C=O) groups excluding carboxylic acids is 1. The summed E-state index contributed by atoms with van der Waals surface area (Å²) in [5.74, 6) is 0.0165. The molecule has 3 aromatic rings. The lowest BCUT2D eigenvalue weighted by atomic mass is 9.94. The Kier molecular flexibility index (Phi) is 5.77. The van der Waals surface area contributed by atoms with Crippen molar-refractivity contribution >= 4 is 5.91 Å². The summed E-state index contributed by atoms with van der Waals surface area (Å²) in [5, 5.41) is 10.7. The van der Waals surface area contributed by atoms with Crippen LogP contribution in [0, 0.1) is 6.92 Å². The predicted molar refractivity (Wildman–Crippen MR) is 125 cm³/mol. The van der Waals surface area contributed by atoms with Crippen molar-refractivity contribution in [2.45, 2.75) is 32.4 Å². The van der Waals surface area contributed by atoms with Crippen LogP contribution < -0.4 is 0 Å². The number of β-amino-alcohol motifs (C(OH)–C–C–N with tert-alkyl or cyclic N) is 1. The number of aromatic nitrogens is 1. The molecule has 0 saturated carbocycles. The second-order valence-corrected chi connectivity index (χ2v) is 8.97. The van der Waals surface area contributed by atoms with Crippen molar-refractivity contribution in [2.24, 2.45) is 0 Å². The zero-order chi connectivity index (χ0) is 22.1. The standard InChI is InChI=1S/C27H29N3O2/c1-19-6-7-23(15-28-19)21-8-9-26-22(14-21)11-13-30(27(26)32)18-25(31)17-29-12-10-20-4-2-3-5-24(20)16-29/h2-9,14-15,25,31H,10-13,16-18H2,1H3. The summed E-state index contributed by atoms with van der Waals surface area (Å²) in [6.45, 7) is 5.39. The van der Waals surface area contributed by atoms with Crippen LogP contribution >= 0.6 is 0 Å². The van der Waals surface area contributed by atoms with Crippen LogP contribution in [0.2, 0.25) is 0 Å². The number of aryl methyl sites for hydroxylation is 1. The molecule has 1 atom stereocenters. The minimum atomic E-state index is -0.552. The molecule has 0 fully saturated rings. The van der Waals surface area contributed by atoms with E-state index in [1.165, 1.54) is 11.1 Å². The van der Waals surface area contributed by atoms with Crippen LogP contribution in [0.15, 0.2) is 60.8 Å². The number of nitrogens with zero attached hydrogens (tertiary/aromatic N) is 3. The van der Waals surface area contributed by atoms with Gasteiger partial charge in [0.15, 0.2) is 0 Å². The molecule has 0 spiro atoms. The number of amides is 1. The molecule has 5 rings (SSSR count). The predicted octanol–water partition coefficient (Wildman–Crippen LogP) is 3.47. The third kappa shape index (κ3) is 4.31. The van der Waals surface area contributed by atoms with E-state index in [0.29, 0.717) is 19.6 Å². The molecule has 2 aliphatic rings. The number of fused-ring (bicyclic) bond motifs is 2. The highest BCUT2D eigenvalue weighted by atomic mass is 16.3. The van der Waals surface area contributed by atoms with Crippen LogP contribution in [0.4, 0.5) is 0 Å². The maximum absolute atomic E-state index is 13.1. The SMILES string of the molecule is Cc1ccc(-c2ccc3c(c2)CCN(CC(O)CN2CCc4ccccc4C2)C3=O)cn1. The molecule has 1 aromatic heterocycles. The third-order valence-corrected chi connectivity index (χ3v) is 6.63. The Morgan fingerprint density at radius 1 is 0.938 bits per heavy atom. The van der Waals surface area contributed by atoms with E-state index in [1.807, 2.05) is 31.3 Å². The van der Waals surface area contributed by atoms with Gasteiger partial charge in [-0.3, -0.25) is 14.7 Å². The molecule has 5 nitrogen and oxygen atoms in total. The van der Waals surface area contributed by atoms with Crippen molar-refractivity contribution in [3.8, 4) is 11.1 Å². The van der Waals surface area contributed by atoms with E-state index in [0.717, 1.165) is 53.9 Å². The summed E-state index contributed by atoms with van der Waals surface area (Å²) >= 11 is 0. The smallest absolute Gasteiger partial charge is 0.254 e. The third-order valence-electron chi connectivity index (χ3n) is 6.63. The minimum Gasteiger partial charge on any atom is -0.390 e. The average molecular weight is 428 g/mol. The summed E-state index contributed by atoms with van der Waals surface area (Å²) in [7, 11) is 0. The number of aliphatic hydroxyl groups excluding tert-OH is 1. The van der Waals surface area contributed by atoms with Crippen LogP contribution in [-0.4, -0.2) is 58.1 Å². The van der Waals surface area contributed by atoms with Crippen molar-refractivity contribution in [2.75, 3.05) is 26.2 Å². The van der Waals surface area contributed by atoms with E-state index in [2.05, 4.69) is 46.3 Å². The lowest BCUT2D eigenvalue weighted by Crippen LogP contribution is -2.46. The van der Waals surface area contributed by atoms with Gasteiger partial charge in [0.1, 0.15) is 0 Å². The zero-order valence-electron chi connectivity index (χ0n) is 18.5. The minimum absolute atomic E-state index is 0.0165. The Morgan fingerprint density at radius 3 is 2.53 bits per heavy atom. The zero-order valence-corrected chi connectivity index (χ0v) is 18.5. The van der Waals surface area contributed by atoms with E-state index in [4.69, 9.17) is 0 Å².